The fourth-order valence-corrected chi connectivity index (χ4v) is 3.25. The number of nitrogens with zero attached hydrogens (tertiary/aromatic N) is 3. The van der Waals surface area contributed by atoms with Crippen molar-refractivity contribution in [1.82, 2.24) is 10.2 Å². The molecule has 0 atom stereocenters. The molecule has 3 rings (SSSR count). The fourth-order valence-electron chi connectivity index (χ4n) is 1.95. The van der Waals surface area contributed by atoms with Gasteiger partial charge in [0.25, 0.3) is 5.69 Å². The topological polar surface area (TPSA) is 81.0 Å². The van der Waals surface area contributed by atoms with E-state index in [9.17, 15) is 10.1 Å². The molecule has 0 radical (unpaired) electrons. The van der Waals surface area contributed by atoms with E-state index in [0.717, 1.165) is 21.3 Å². The molecule has 0 amide bonds. The van der Waals surface area contributed by atoms with E-state index in [1.807, 2.05) is 30.3 Å². The molecule has 0 saturated carbocycles. The molecule has 116 valence electrons. The van der Waals surface area contributed by atoms with E-state index in [1.165, 1.54) is 23.5 Å². The Balaban J connectivity index is 1.70. The summed E-state index contributed by atoms with van der Waals surface area (Å²) in [5.74, 6) is 0. The highest BCUT2D eigenvalue weighted by atomic mass is 79.9. The zero-order chi connectivity index (χ0) is 16.2. The Morgan fingerprint density at radius 2 is 1.96 bits per heavy atom. The first-order valence-electron chi connectivity index (χ1n) is 6.69. The summed E-state index contributed by atoms with van der Waals surface area (Å²) >= 11 is 4.84. The van der Waals surface area contributed by atoms with E-state index in [0.29, 0.717) is 11.0 Å². The minimum Gasteiger partial charge on any atom is -0.378 e. The van der Waals surface area contributed by atoms with Gasteiger partial charge in [-0.3, -0.25) is 10.1 Å². The summed E-state index contributed by atoms with van der Waals surface area (Å²) in [5.41, 5.74) is 1.85. The second-order valence-electron chi connectivity index (χ2n) is 4.64. The van der Waals surface area contributed by atoms with Crippen molar-refractivity contribution < 1.29 is 4.92 Å². The van der Waals surface area contributed by atoms with E-state index in [-0.39, 0.29) is 5.69 Å². The number of halogens is 1. The predicted molar refractivity (Wildman–Crippen MR) is 93.5 cm³/mol. The average molecular weight is 391 g/mol. The van der Waals surface area contributed by atoms with Crippen LogP contribution in [0.15, 0.2) is 53.0 Å². The highest BCUT2D eigenvalue weighted by Crippen LogP contribution is 2.28. The number of rotatable bonds is 5. The van der Waals surface area contributed by atoms with E-state index in [4.69, 9.17) is 0 Å². The number of nitro groups is 1. The summed E-state index contributed by atoms with van der Waals surface area (Å²) in [6, 6.07) is 14.5. The highest BCUT2D eigenvalue weighted by molar-refractivity contribution is 9.10. The lowest BCUT2D eigenvalue weighted by Gasteiger charge is -2.06. The molecule has 0 bridgehead atoms. The highest BCUT2D eigenvalue weighted by Gasteiger charge is 2.10. The minimum absolute atomic E-state index is 0.0460. The molecule has 0 spiro atoms. The van der Waals surface area contributed by atoms with Crippen LogP contribution in [0.2, 0.25) is 0 Å². The first-order chi connectivity index (χ1) is 11.1. The van der Waals surface area contributed by atoms with E-state index in [2.05, 4.69) is 31.4 Å². The Bertz CT molecular complexity index is 839. The first-order valence-corrected chi connectivity index (χ1v) is 8.30. The van der Waals surface area contributed by atoms with Gasteiger partial charge < -0.3 is 5.32 Å². The Labute approximate surface area is 144 Å². The molecule has 0 aliphatic carbocycles. The SMILES string of the molecule is O=[N+]([O-])c1ccc(NCc2nnc(-c3ccccc3)s2)c(Br)c1. The number of hydrogen-bond donors (Lipinski definition) is 1. The summed E-state index contributed by atoms with van der Waals surface area (Å²) in [7, 11) is 0. The van der Waals surface area contributed by atoms with Crippen LogP contribution in [0.25, 0.3) is 10.6 Å². The summed E-state index contributed by atoms with van der Waals surface area (Å²) in [6.45, 7) is 0.501. The number of hydrogen-bond acceptors (Lipinski definition) is 6. The van der Waals surface area contributed by atoms with Crippen LogP contribution in [0, 0.1) is 10.1 Å². The number of nitrogens with one attached hydrogen (secondary N) is 1. The molecule has 0 fully saturated rings. The van der Waals surface area contributed by atoms with E-state index in [1.54, 1.807) is 6.07 Å². The molecule has 0 aliphatic rings. The molecule has 8 heteroatoms. The summed E-state index contributed by atoms with van der Waals surface area (Å²) in [5, 5.41) is 24.0. The van der Waals surface area contributed by atoms with Crippen LogP contribution in [0.1, 0.15) is 5.01 Å². The van der Waals surface area contributed by atoms with Crippen LogP contribution < -0.4 is 5.32 Å². The number of non-ortho nitro benzene ring substituents is 1. The van der Waals surface area contributed by atoms with E-state index >= 15 is 0 Å². The van der Waals surface area contributed by atoms with Gasteiger partial charge in [-0.1, -0.05) is 41.7 Å². The van der Waals surface area contributed by atoms with Crippen molar-refractivity contribution in [3.05, 3.63) is 68.1 Å². The van der Waals surface area contributed by atoms with Gasteiger partial charge in [0.15, 0.2) is 0 Å². The zero-order valence-corrected chi connectivity index (χ0v) is 14.2. The van der Waals surface area contributed by atoms with Crippen LogP contribution >= 0.6 is 27.3 Å². The third kappa shape index (κ3) is 3.72. The van der Waals surface area contributed by atoms with Gasteiger partial charge in [0, 0.05) is 27.9 Å². The quantitative estimate of drug-likeness (QED) is 0.512. The van der Waals surface area contributed by atoms with Crippen LogP contribution in [0.5, 0.6) is 0 Å². The van der Waals surface area contributed by atoms with Crippen molar-refractivity contribution in [3.63, 3.8) is 0 Å². The molecule has 1 aromatic heterocycles. The number of nitro benzene ring substituents is 1. The Morgan fingerprint density at radius 3 is 2.65 bits per heavy atom. The molecule has 2 aromatic carbocycles. The van der Waals surface area contributed by atoms with Crippen molar-refractivity contribution in [3.8, 4) is 10.6 Å². The molecule has 0 saturated heterocycles. The van der Waals surface area contributed by atoms with Gasteiger partial charge in [0.1, 0.15) is 10.0 Å². The zero-order valence-electron chi connectivity index (χ0n) is 11.8. The van der Waals surface area contributed by atoms with Gasteiger partial charge in [-0.05, 0) is 22.0 Å². The average Bonchev–Trinajstić information content (AvgIpc) is 3.03. The Morgan fingerprint density at radius 1 is 1.17 bits per heavy atom. The van der Waals surface area contributed by atoms with Gasteiger partial charge in [0.2, 0.25) is 0 Å². The lowest BCUT2D eigenvalue weighted by atomic mass is 10.2. The summed E-state index contributed by atoms with van der Waals surface area (Å²) in [6.07, 6.45) is 0. The van der Waals surface area contributed by atoms with Crippen molar-refractivity contribution in [1.29, 1.82) is 0 Å². The standard InChI is InChI=1S/C15H11BrN4O2S/c16-12-8-11(20(21)22)6-7-13(12)17-9-14-18-19-15(23-14)10-4-2-1-3-5-10/h1-8,17H,9H2. The van der Waals surface area contributed by atoms with Crippen molar-refractivity contribution >= 4 is 38.6 Å². The molecule has 0 aliphatic heterocycles. The first kappa shape index (κ1) is 15.6. The molecule has 3 aromatic rings. The molecule has 1 N–H and O–H groups in total. The minimum atomic E-state index is -0.425. The van der Waals surface area contributed by atoms with Gasteiger partial charge in [-0.25, -0.2) is 0 Å². The number of benzene rings is 2. The lowest BCUT2D eigenvalue weighted by Crippen LogP contribution is -2.00. The Hall–Kier alpha value is -2.32. The lowest BCUT2D eigenvalue weighted by molar-refractivity contribution is -0.384. The largest absolute Gasteiger partial charge is 0.378 e. The smallest absolute Gasteiger partial charge is 0.270 e. The van der Waals surface area contributed by atoms with Gasteiger partial charge >= 0.3 is 0 Å². The molecule has 23 heavy (non-hydrogen) atoms. The van der Waals surface area contributed by atoms with Crippen LogP contribution in [0.4, 0.5) is 11.4 Å². The van der Waals surface area contributed by atoms with Crippen molar-refractivity contribution in [2.45, 2.75) is 6.54 Å². The normalized spacial score (nSPS) is 10.5. The second-order valence-corrected chi connectivity index (χ2v) is 6.56. The fraction of sp³-hybridized carbons (Fsp3) is 0.0667. The molecule has 1 heterocycles. The van der Waals surface area contributed by atoms with Crippen LogP contribution in [0.3, 0.4) is 0 Å². The summed E-state index contributed by atoms with van der Waals surface area (Å²) in [4.78, 5) is 10.3. The molecule has 6 nitrogen and oxygen atoms in total. The Kier molecular flexibility index (Phi) is 4.63. The van der Waals surface area contributed by atoms with Crippen molar-refractivity contribution in [2.75, 3.05) is 5.32 Å². The molecular formula is C15H11BrN4O2S. The molecular weight excluding hydrogens is 380 g/mol. The van der Waals surface area contributed by atoms with Crippen LogP contribution in [-0.2, 0) is 6.54 Å². The summed E-state index contributed by atoms with van der Waals surface area (Å²) < 4.78 is 0.638. The van der Waals surface area contributed by atoms with Gasteiger partial charge in [-0.2, -0.15) is 0 Å². The number of aromatic nitrogens is 2. The van der Waals surface area contributed by atoms with Crippen LogP contribution in [-0.4, -0.2) is 15.1 Å². The van der Waals surface area contributed by atoms with Gasteiger partial charge in [-0.15, -0.1) is 10.2 Å². The second kappa shape index (κ2) is 6.84. The maximum atomic E-state index is 10.7. The van der Waals surface area contributed by atoms with Gasteiger partial charge in [0.05, 0.1) is 11.5 Å². The van der Waals surface area contributed by atoms with E-state index < -0.39 is 4.92 Å². The predicted octanol–water partition coefficient (Wildman–Crippen LogP) is 4.49. The third-order valence-electron chi connectivity index (χ3n) is 3.08. The third-order valence-corrected chi connectivity index (χ3v) is 4.71. The maximum Gasteiger partial charge on any atom is 0.270 e. The monoisotopic (exact) mass is 390 g/mol. The molecule has 0 unspecified atom stereocenters. The number of anilines is 1. The maximum absolute atomic E-state index is 10.7. The van der Waals surface area contributed by atoms with Crippen molar-refractivity contribution in [2.24, 2.45) is 0 Å².